The fourth-order valence-corrected chi connectivity index (χ4v) is 2.03. The minimum Gasteiger partial charge on any atom is -0.390 e. The number of unbranched alkanes of at least 4 members (excludes halogenated alkanes) is 8. The predicted octanol–water partition coefficient (Wildman–Crippen LogP) is 3.22. The number of carbonyl (C=O) groups is 1. The first-order chi connectivity index (χ1) is 8.59. The lowest BCUT2D eigenvalue weighted by molar-refractivity contribution is -0.132. The summed E-state index contributed by atoms with van der Waals surface area (Å²) < 4.78 is 0. The van der Waals surface area contributed by atoms with E-state index in [1.807, 2.05) is 0 Å². The maximum atomic E-state index is 11.4. The Hall–Kier alpha value is -0.410. The van der Waals surface area contributed by atoms with E-state index in [4.69, 9.17) is 5.11 Å². The molecule has 0 bridgehead atoms. The lowest BCUT2D eigenvalue weighted by Crippen LogP contribution is -2.31. The highest BCUT2D eigenvalue weighted by atomic mass is 16.3. The molecule has 0 aliphatic carbocycles. The van der Waals surface area contributed by atoms with Gasteiger partial charge in [-0.25, -0.2) is 0 Å². The molecule has 0 aromatic heterocycles. The molecule has 0 fully saturated rings. The first kappa shape index (κ1) is 17.6. The van der Waals surface area contributed by atoms with Gasteiger partial charge < -0.3 is 10.2 Å². The molecule has 0 aromatic carbocycles. The number of aliphatic hydroxyl groups excluding tert-OH is 2. The Labute approximate surface area is 112 Å². The highest BCUT2D eigenvalue weighted by Crippen LogP contribution is 2.11. The van der Waals surface area contributed by atoms with Gasteiger partial charge in [-0.15, -0.1) is 0 Å². The van der Waals surface area contributed by atoms with Crippen LogP contribution in [0.5, 0.6) is 0 Å². The third-order valence-corrected chi connectivity index (χ3v) is 3.31. The number of ketones is 1. The van der Waals surface area contributed by atoms with E-state index in [9.17, 15) is 9.90 Å². The van der Waals surface area contributed by atoms with Crippen molar-refractivity contribution in [1.82, 2.24) is 0 Å². The van der Waals surface area contributed by atoms with Crippen molar-refractivity contribution < 1.29 is 15.0 Å². The SMILES string of the molecule is CCCCCCCCCCCC(=O)C(O)C(C)O. The van der Waals surface area contributed by atoms with E-state index in [2.05, 4.69) is 6.92 Å². The van der Waals surface area contributed by atoms with E-state index in [1.165, 1.54) is 51.9 Å². The summed E-state index contributed by atoms with van der Waals surface area (Å²) in [6, 6.07) is 0. The molecule has 0 rings (SSSR count). The van der Waals surface area contributed by atoms with Gasteiger partial charge in [-0.2, -0.15) is 0 Å². The Morgan fingerprint density at radius 2 is 1.33 bits per heavy atom. The van der Waals surface area contributed by atoms with Crippen LogP contribution in [0.25, 0.3) is 0 Å². The molecule has 108 valence electrons. The van der Waals surface area contributed by atoms with Crippen LogP contribution in [0.4, 0.5) is 0 Å². The Kier molecular flexibility index (Phi) is 11.4. The van der Waals surface area contributed by atoms with Gasteiger partial charge in [0.2, 0.25) is 0 Å². The van der Waals surface area contributed by atoms with Crippen LogP contribution in [0.15, 0.2) is 0 Å². The smallest absolute Gasteiger partial charge is 0.163 e. The first-order valence-electron chi connectivity index (χ1n) is 7.48. The molecule has 0 aliphatic heterocycles. The van der Waals surface area contributed by atoms with Gasteiger partial charge in [0.15, 0.2) is 5.78 Å². The Morgan fingerprint density at radius 1 is 0.889 bits per heavy atom. The molecule has 0 saturated heterocycles. The molecule has 0 aromatic rings. The molecule has 0 spiro atoms. The second kappa shape index (κ2) is 11.7. The van der Waals surface area contributed by atoms with E-state index in [0.717, 1.165) is 12.8 Å². The van der Waals surface area contributed by atoms with Crippen LogP contribution in [0, 0.1) is 0 Å². The van der Waals surface area contributed by atoms with Gasteiger partial charge in [-0.05, 0) is 13.3 Å². The Morgan fingerprint density at radius 3 is 1.78 bits per heavy atom. The van der Waals surface area contributed by atoms with Crippen LogP contribution in [-0.4, -0.2) is 28.2 Å². The normalized spacial score (nSPS) is 14.4. The van der Waals surface area contributed by atoms with Gasteiger partial charge >= 0.3 is 0 Å². The minimum absolute atomic E-state index is 0.229. The van der Waals surface area contributed by atoms with Gasteiger partial charge in [0.05, 0.1) is 6.10 Å². The van der Waals surface area contributed by atoms with E-state index in [1.54, 1.807) is 0 Å². The van der Waals surface area contributed by atoms with Gasteiger partial charge in [-0.1, -0.05) is 58.3 Å². The van der Waals surface area contributed by atoms with Crippen LogP contribution < -0.4 is 0 Å². The van der Waals surface area contributed by atoms with E-state index in [-0.39, 0.29) is 5.78 Å². The van der Waals surface area contributed by atoms with Crippen molar-refractivity contribution in [2.24, 2.45) is 0 Å². The number of aliphatic hydroxyl groups is 2. The lowest BCUT2D eigenvalue weighted by Gasteiger charge is -2.11. The summed E-state index contributed by atoms with van der Waals surface area (Å²) in [6.45, 7) is 3.66. The molecule has 2 unspecified atom stereocenters. The molecular weight excluding hydrogens is 228 g/mol. The third kappa shape index (κ3) is 9.60. The van der Waals surface area contributed by atoms with Crippen LogP contribution in [-0.2, 0) is 4.79 Å². The lowest BCUT2D eigenvalue weighted by atomic mass is 10.0. The maximum Gasteiger partial charge on any atom is 0.163 e. The van der Waals surface area contributed by atoms with E-state index in [0.29, 0.717) is 6.42 Å². The number of hydrogen-bond donors (Lipinski definition) is 2. The Bertz CT molecular complexity index is 202. The molecule has 2 atom stereocenters. The molecule has 18 heavy (non-hydrogen) atoms. The zero-order valence-corrected chi connectivity index (χ0v) is 12.0. The average molecular weight is 258 g/mol. The Balaban J connectivity index is 3.27. The molecule has 0 amide bonds. The van der Waals surface area contributed by atoms with Gasteiger partial charge in [0.1, 0.15) is 6.10 Å². The van der Waals surface area contributed by atoms with Crippen molar-refractivity contribution in [1.29, 1.82) is 0 Å². The number of carbonyl (C=O) groups excluding carboxylic acids is 1. The first-order valence-corrected chi connectivity index (χ1v) is 7.48. The maximum absolute atomic E-state index is 11.4. The predicted molar refractivity (Wildman–Crippen MR) is 74.5 cm³/mol. The number of Topliss-reactive ketones (excluding diaryl/α,β-unsaturated/α-hetero) is 1. The van der Waals surface area contributed by atoms with E-state index >= 15 is 0 Å². The molecule has 0 radical (unpaired) electrons. The van der Waals surface area contributed by atoms with Crippen molar-refractivity contribution in [3.63, 3.8) is 0 Å². The molecule has 0 aliphatic rings. The molecule has 0 heterocycles. The second-order valence-corrected chi connectivity index (χ2v) is 5.23. The van der Waals surface area contributed by atoms with Crippen LogP contribution in [0.2, 0.25) is 0 Å². The summed E-state index contributed by atoms with van der Waals surface area (Å²) in [7, 11) is 0. The van der Waals surface area contributed by atoms with Crippen LogP contribution in [0.1, 0.15) is 78.1 Å². The number of hydrogen-bond acceptors (Lipinski definition) is 3. The van der Waals surface area contributed by atoms with Crippen LogP contribution >= 0.6 is 0 Å². The van der Waals surface area contributed by atoms with Crippen molar-refractivity contribution in [3.05, 3.63) is 0 Å². The summed E-state index contributed by atoms with van der Waals surface area (Å²) in [5, 5.41) is 18.4. The highest BCUT2D eigenvalue weighted by molar-refractivity contribution is 5.83. The summed E-state index contributed by atoms with van der Waals surface area (Å²) in [5.74, 6) is -0.229. The van der Waals surface area contributed by atoms with Gasteiger partial charge in [0, 0.05) is 6.42 Å². The fourth-order valence-electron chi connectivity index (χ4n) is 2.03. The highest BCUT2D eigenvalue weighted by Gasteiger charge is 2.19. The summed E-state index contributed by atoms with van der Waals surface area (Å²) in [6.07, 6.45) is 9.13. The third-order valence-electron chi connectivity index (χ3n) is 3.31. The zero-order chi connectivity index (χ0) is 13.8. The van der Waals surface area contributed by atoms with Crippen molar-refractivity contribution >= 4 is 5.78 Å². The average Bonchev–Trinajstić information content (AvgIpc) is 2.35. The van der Waals surface area contributed by atoms with Crippen molar-refractivity contribution in [2.45, 2.75) is 90.3 Å². The standard InChI is InChI=1S/C15H30O3/c1-3-4-5-6-7-8-9-10-11-12-14(17)15(18)13(2)16/h13,15-16,18H,3-12H2,1-2H3. The van der Waals surface area contributed by atoms with Crippen molar-refractivity contribution in [3.8, 4) is 0 Å². The van der Waals surface area contributed by atoms with Gasteiger partial charge in [0.25, 0.3) is 0 Å². The van der Waals surface area contributed by atoms with Gasteiger partial charge in [-0.3, -0.25) is 4.79 Å². The summed E-state index contributed by atoms with van der Waals surface area (Å²) >= 11 is 0. The molecule has 0 saturated carbocycles. The van der Waals surface area contributed by atoms with Crippen LogP contribution in [0.3, 0.4) is 0 Å². The molecular formula is C15H30O3. The molecule has 2 N–H and O–H groups in total. The summed E-state index contributed by atoms with van der Waals surface area (Å²) in [5.41, 5.74) is 0. The topological polar surface area (TPSA) is 57.5 Å². The largest absolute Gasteiger partial charge is 0.390 e. The summed E-state index contributed by atoms with van der Waals surface area (Å²) in [4.78, 5) is 11.4. The zero-order valence-electron chi connectivity index (χ0n) is 12.0. The monoisotopic (exact) mass is 258 g/mol. The second-order valence-electron chi connectivity index (χ2n) is 5.23. The molecule has 3 heteroatoms. The van der Waals surface area contributed by atoms with E-state index < -0.39 is 12.2 Å². The minimum atomic E-state index is -1.20. The number of rotatable bonds is 12. The van der Waals surface area contributed by atoms with Crippen molar-refractivity contribution in [2.75, 3.05) is 0 Å². The molecule has 3 nitrogen and oxygen atoms in total. The quantitative estimate of drug-likeness (QED) is 0.528. The fraction of sp³-hybridized carbons (Fsp3) is 0.933.